The molecule has 4 aromatic rings. The molecule has 0 aliphatic carbocycles. The summed E-state index contributed by atoms with van der Waals surface area (Å²) in [6.45, 7) is 5.22. The summed E-state index contributed by atoms with van der Waals surface area (Å²) in [6.07, 6.45) is 0. The predicted molar refractivity (Wildman–Crippen MR) is 140 cm³/mol. The first-order valence-electron chi connectivity index (χ1n) is 11.3. The molecule has 1 saturated heterocycles. The molecule has 1 aliphatic rings. The van der Waals surface area contributed by atoms with Crippen LogP contribution in [0.5, 0.6) is 0 Å². The van der Waals surface area contributed by atoms with Crippen molar-refractivity contribution in [3.63, 3.8) is 0 Å². The average molecular weight is 455 g/mol. The second-order valence-corrected chi connectivity index (χ2v) is 8.94. The standard InChI is InChI=1S/C28H27ClN4/c29-25-9-11-26(12-10-25)31-28(30)24-7-6-23-19-27(13-8-22(23)18-24)33-16-14-32(15-17-33)20-21-4-2-1-3-5-21/h1-13,18-19H,14-17,20H2,(H2,30,31). The van der Waals surface area contributed by atoms with Crippen molar-refractivity contribution in [2.75, 3.05) is 36.4 Å². The molecule has 0 amide bonds. The number of halogens is 1. The maximum atomic E-state index is 8.44. The van der Waals surface area contributed by atoms with Crippen molar-refractivity contribution >= 4 is 39.6 Å². The van der Waals surface area contributed by atoms with Gasteiger partial charge in [-0.1, -0.05) is 60.1 Å². The normalized spacial score (nSPS) is 14.4. The van der Waals surface area contributed by atoms with E-state index in [1.54, 1.807) is 0 Å². The van der Waals surface area contributed by atoms with Crippen molar-refractivity contribution < 1.29 is 0 Å². The number of nitrogens with zero attached hydrogens (tertiary/aromatic N) is 2. The fraction of sp³-hybridized carbons (Fsp3) is 0.179. The summed E-state index contributed by atoms with van der Waals surface area (Å²) < 4.78 is 0. The van der Waals surface area contributed by atoms with Crippen molar-refractivity contribution in [3.05, 3.63) is 107 Å². The lowest BCUT2D eigenvalue weighted by molar-refractivity contribution is 0.250. The van der Waals surface area contributed by atoms with Gasteiger partial charge in [-0.25, -0.2) is 0 Å². The number of anilines is 2. The summed E-state index contributed by atoms with van der Waals surface area (Å²) in [5.74, 6) is 0.373. The molecule has 4 aromatic carbocycles. The van der Waals surface area contributed by atoms with E-state index in [1.165, 1.54) is 16.6 Å². The highest BCUT2D eigenvalue weighted by atomic mass is 35.5. The van der Waals surface area contributed by atoms with Gasteiger partial charge in [0.25, 0.3) is 0 Å². The van der Waals surface area contributed by atoms with Crippen LogP contribution >= 0.6 is 11.6 Å². The van der Waals surface area contributed by atoms with Crippen LogP contribution in [-0.4, -0.2) is 36.9 Å². The molecule has 5 heteroatoms. The van der Waals surface area contributed by atoms with Crippen LogP contribution in [0.25, 0.3) is 10.8 Å². The summed E-state index contributed by atoms with van der Waals surface area (Å²) in [5, 5.41) is 14.6. The first kappa shape index (κ1) is 21.5. The third kappa shape index (κ3) is 5.19. The molecule has 5 rings (SSSR count). The number of nitrogens with one attached hydrogen (secondary N) is 2. The van der Waals surface area contributed by atoms with Gasteiger partial charge in [0.2, 0.25) is 0 Å². The van der Waals surface area contributed by atoms with Crippen LogP contribution in [-0.2, 0) is 6.54 Å². The summed E-state index contributed by atoms with van der Waals surface area (Å²) >= 11 is 5.95. The lowest BCUT2D eigenvalue weighted by Crippen LogP contribution is -2.45. The smallest absolute Gasteiger partial charge is 0.129 e. The number of fused-ring (bicyclic) bond motifs is 1. The van der Waals surface area contributed by atoms with Crippen LogP contribution in [0.3, 0.4) is 0 Å². The highest BCUT2D eigenvalue weighted by molar-refractivity contribution is 6.30. The van der Waals surface area contributed by atoms with E-state index < -0.39 is 0 Å². The van der Waals surface area contributed by atoms with E-state index in [0.29, 0.717) is 10.9 Å². The molecule has 1 aliphatic heterocycles. The van der Waals surface area contributed by atoms with Crippen molar-refractivity contribution in [2.24, 2.45) is 0 Å². The Morgan fingerprint density at radius 2 is 1.48 bits per heavy atom. The molecule has 0 spiro atoms. The fourth-order valence-corrected chi connectivity index (χ4v) is 4.47. The van der Waals surface area contributed by atoms with Gasteiger partial charge in [-0.2, -0.15) is 0 Å². The zero-order valence-electron chi connectivity index (χ0n) is 18.5. The lowest BCUT2D eigenvalue weighted by atomic mass is 10.0. The number of benzene rings is 4. The average Bonchev–Trinajstić information content (AvgIpc) is 2.86. The van der Waals surface area contributed by atoms with E-state index in [2.05, 4.69) is 75.8 Å². The van der Waals surface area contributed by atoms with Gasteiger partial charge in [0.15, 0.2) is 0 Å². The van der Waals surface area contributed by atoms with Gasteiger partial charge < -0.3 is 10.2 Å². The van der Waals surface area contributed by atoms with Gasteiger partial charge in [-0.15, -0.1) is 0 Å². The minimum Gasteiger partial charge on any atom is -0.369 e. The SMILES string of the molecule is N=C(Nc1ccc(Cl)cc1)c1ccc2cc(N3CCN(Cc4ccccc4)CC3)ccc2c1. The van der Waals surface area contributed by atoms with E-state index >= 15 is 0 Å². The van der Waals surface area contributed by atoms with Gasteiger partial charge >= 0.3 is 0 Å². The van der Waals surface area contributed by atoms with Crippen LogP contribution in [0, 0.1) is 5.41 Å². The number of piperazine rings is 1. The quantitative estimate of drug-likeness (QED) is 0.276. The van der Waals surface area contributed by atoms with Crippen molar-refractivity contribution in [3.8, 4) is 0 Å². The zero-order valence-corrected chi connectivity index (χ0v) is 19.2. The third-order valence-electron chi connectivity index (χ3n) is 6.21. The summed E-state index contributed by atoms with van der Waals surface area (Å²) in [5.41, 5.74) is 4.36. The van der Waals surface area contributed by atoms with E-state index in [1.807, 2.05) is 30.3 Å². The minimum absolute atomic E-state index is 0.373. The van der Waals surface area contributed by atoms with Crippen molar-refractivity contribution in [2.45, 2.75) is 6.54 Å². The van der Waals surface area contributed by atoms with Crippen molar-refractivity contribution in [1.82, 2.24) is 4.90 Å². The molecule has 166 valence electrons. The Labute approximate surface area is 199 Å². The molecule has 0 unspecified atom stereocenters. The number of hydrogen-bond donors (Lipinski definition) is 2. The summed E-state index contributed by atoms with van der Waals surface area (Å²) in [7, 11) is 0. The molecule has 1 heterocycles. The molecule has 33 heavy (non-hydrogen) atoms. The Hall–Kier alpha value is -3.34. The second kappa shape index (κ2) is 9.65. The molecular formula is C28H27ClN4. The number of rotatable bonds is 5. The maximum Gasteiger partial charge on any atom is 0.129 e. The van der Waals surface area contributed by atoms with Crippen LogP contribution < -0.4 is 10.2 Å². The highest BCUT2D eigenvalue weighted by Crippen LogP contribution is 2.25. The third-order valence-corrected chi connectivity index (χ3v) is 6.46. The minimum atomic E-state index is 0.373. The number of hydrogen-bond acceptors (Lipinski definition) is 3. The molecule has 0 atom stereocenters. The molecule has 0 radical (unpaired) electrons. The maximum absolute atomic E-state index is 8.44. The van der Waals surface area contributed by atoms with Crippen LogP contribution in [0.15, 0.2) is 91.0 Å². The number of amidine groups is 1. The first-order chi connectivity index (χ1) is 16.1. The van der Waals surface area contributed by atoms with Gasteiger partial charge in [-0.05, 0) is 58.8 Å². The predicted octanol–water partition coefficient (Wildman–Crippen LogP) is 6.25. The monoisotopic (exact) mass is 454 g/mol. The van der Waals surface area contributed by atoms with E-state index in [9.17, 15) is 0 Å². The molecule has 2 N–H and O–H groups in total. The molecule has 1 fully saturated rings. The molecule has 0 aromatic heterocycles. The Morgan fingerprint density at radius 3 is 2.24 bits per heavy atom. The van der Waals surface area contributed by atoms with Crippen LogP contribution in [0.4, 0.5) is 11.4 Å². The Kier molecular flexibility index (Phi) is 6.29. The molecule has 4 nitrogen and oxygen atoms in total. The van der Waals surface area contributed by atoms with Crippen LogP contribution in [0.2, 0.25) is 5.02 Å². The molecule has 0 bridgehead atoms. The highest BCUT2D eigenvalue weighted by Gasteiger charge is 2.17. The Bertz CT molecular complexity index is 1250. The second-order valence-electron chi connectivity index (χ2n) is 8.50. The zero-order chi connectivity index (χ0) is 22.6. The summed E-state index contributed by atoms with van der Waals surface area (Å²) in [6, 6.07) is 30.9. The largest absolute Gasteiger partial charge is 0.369 e. The van der Waals surface area contributed by atoms with Crippen molar-refractivity contribution in [1.29, 1.82) is 5.41 Å². The first-order valence-corrected chi connectivity index (χ1v) is 11.7. The Morgan fingerprint density at radius 1 is 0.788 bits per heavy atom. The fourth-order valence-electron chi connectivity index (χ4n) is 4.34. The molecular weight excluding hydrogens is 428 g/mol. The van der Waals surface area contributed by atoms with Gasteiger partial charge in [0.05, 0.1) is 0 Å². The Balaban J connectivity index is 1.24. The molecule has 0 saturated carbocycles. The summed E-state index contributed by atoms with van der Waals surface area (Å²) in [4.78, 5) is 5.00. The topological polar surface area (TPSA) is 42.4 Å². The lowest BCUT2D eigenvalue weighted by Gasteiger charge is -2.36. The van der Waals surface area contributed by atoms with Gasteiger partial charge in [0, 0.05) is 54.7 Å². The van der Waals surface area contributed by atoms with E-state index in [-0.39, 0.29) is 0 Å². The van der Waals surface area contributed by atoms with E-state index in [0.717, 1.165) is 49.4 Å². The van der Waals surface area contributed by atoms with Gasteiger partial charge in [0.1, 0.15) is 5.84 Å². The van der Waals surface area contributed by atoms with E-state index in [4.69, 9.17) is 17.0 Å². The van der Waals surface area contributed by atoms with Crippen LogP contribution in [0.1, 0.15) is 11.1 Å². The van der Waals surface area contributed by atoms with Gasteiger partial charge in [-0.3, -0.25) is 10.3 Å².